The highest BCUT2D eigenvalue weighted by Gasteiger charge is 2.32. The number of rotatable bonds is 3. The van der Waals surface area contributed by atoms with Crippen molar-refractivity contribution in [1.29, 1.82) is 0 Å². The number of hydrogen-bond donors (Lipinski definition) is 0. The van der Waals surface area contributed by atoms with Crippen molar-refractivity contribution in [3.63, 3.8) is 0 Å². The van der Waals surface area contributed by atoms with E-state index >= 15 is 0 Å². The van der Waals surface area contributed by atoms with Gasteiger partial charge in [0.15, 0.2) is 9.84 Å². The van der Waals surface area contributed by atoms with Crippen LogP contribution in [0.3, 0.4) is 0 Å². The number of halogens is 1. The summed E-state index contributed by atoms with van der Waals surface area (Å²) >= 11 is 5.78. The summed E-state index contributed by atoms with van der Waals surface area (Å²) in [5, 5.41) is 0.631. The molecule has 1 fully saturated rings. The first-order chi connectivity index (χ1) is 8.87. The summed E-state index contributed by atoms with van der Waals surface area (Å²) < 4.78 is 22.8. The molecule has 0 aromatic heterocycles. The van der Waals surface area contributed by atoms with Gasteiger partial charge in [-0.25, -0.2) is 8.42 Å². The third-order valence-corrected chi connectivity index (χ3v) is 5.42. The zero-order valence-electron chi connectivity index (χ0n) is 10.7. The van der Waals surface area contributed by atoms with Gasteiger partial charge in [-0.1, -0.05) is 23.7 Å². The van der Waals surface area contributed by atoms with Gasteiger partial charge < -0.3 is 4.90 Å². The largest absolute Gasteiger partial charge is 0.341 e. The van der Waals surface area contributed by atoms with Gasteiger partial charge in [0, 0.05) is 18.1 Å². The molecular weight excluding hydrogens is 286 g/mol. The van der Waals surface area contributed by atoms with Crippen LogP contribution in [0.5, 0.6) is 0 Å². The zero-order valence-corrected chi connectivity index (χ0v) is 12.2. The minimum Gasteiger partial charge on any atom is -0.341 e. The van der Waals surface area contributed by atoms with Crippen LogP contribution < -0.4 is 0 Å². The molecule has 1 heterocycles. The van der Waals surface area contributed by atoms with Crippen LogP contribution in [0.15, 0.2) is 24.3 Å². The normalized spacial score (nSPS) is 21.3. The van der Waals surface area contributed by atoms with E-state index in [1.165, 1.54) is 0 Å². The molecule has 1 saturated heterocycles. The topological polar surface area (TPSA) is 54.5 Å². The van der Waals surface area contributed by atoms with E-state index in [9.17, 15) is 13.2 Å². The van der Waals surface area contributed by atoms with E-state index in [1.807, 2.05) is 0 Å². The lowest BCUT2D eigenvalue weighted by atomic mass is 10.1. The van der Waals surface area contributed by atoms with Crippen molar-refractivity contribution in [2.75, 3.05) is 18.6 Å². The fourth-order valence-corrected chi connectivity index (χ4v) is 4.09. The molecule has 1 aliphatic heterocycles. The lowest BCUT2D eigenvalue weighted by molar-refractivity contribution is -0.130. The second-order valence-electron chi connectivity index (χ2n) is 4.86. The van der Waals surface area contributed by atoms with Gasteiger partial charge in [-0.3, -0.25) is 4.79 Å². The molecule has 6 heteroatoms. The minimum absolute atomic E-state index is 0.0653. The van der Waals surface area contributed by atoms with Crippen molar-refractivity contribution in [3.8, 4) is 0 Å². The summed E-state index contributed by atoms with van der Waals surface area (Å²) in [6.07, 6.45) is 0.801. The van der Waals surface area contributed by atoms with Crippen LogP contribution in [0.2, 0.25) is 5.02 Å². The lowest BCUT2D eigenvalue weighted by Crippen LogP contribution is -2.38. The summed E-state index contributed by atoms with van der Waals surface area (Å²) in [5.74, 6) is 0.191. The molecule has 19 heavy (non-hydrogen) atoms. The molecule has 0 spiro atoms. The van der Waals surface area contributed by atoms with Crippen LogP contribution in [0.25, 0.3) is 0 Å². The molecule has 2 rings (SSSR count). The van der Waals surface area contributed by atoms with Crippen LogP contribution >= 0.6 is 11.6 Å². The molecule has 104 valence electrons. The number of sulfone groups is 1. The molecule has 0 saturated carbocycles. The molecule has 1 amide bonds. The van der Waals surface area contributed by atoms with Crippen molar-refractivity contribution in [1.82, 2.24) is 4.90 Å². The van der Waals surface area contributed by atoms with E-state index < -0.39 is 9.84 Å². The first kappa shape index (κ1) is 14.3. The fourth-order valence-electron chi connectivity index (χ4n) is 2.19. The van der Waals surface area contributed by atoms with Gasteiger partial charge in [0.05, 0.1) is 17.9 Å². The van der Waals surface area contributed by atoms with Crippen LogP contribution in [0.1, 0.15) is 12.0 Å². The Morgan fingerprint density at radius 2 is 2.00 bits per heavy atom. The van der Waals surface area contributed by atoms with Gasteiger partial charge in [0.25, 0.3) is 0 Å². The Morgan fingerprint density at radius 3 is 2.53 bits per heavy atom. The predicted molar refractivity (Wildman–Crippen MR) is 75.0 cm³/mol. The van der Waals surface area contributed by atoms with Crippen molar-refractivity contribution in [2.24, 2.45) is 0 Å². The third-order valence-electron chi connectivity index (χ3n) is 3.42. The predicted octanol–water partition coefficient (Wildman–Crippen LogP) is 1.53. The van der Waals surface area contributed by atoms with Crippen molar-refractivity contribution < 1.29 is 13.2 Å². The number of carbonyl (C=O) groups excluding carboxylic acids is 1. The van der Waals surface area contributed by atoms with E-state index in [-0.39, 0.29) is 29.9 Å². The zero-order chi connectivity index (χ0) is 14.0. The summed E-state index contributed by atoms with van der Waals surface area (Å²) in [7, 11) is -1.29. The molecule has 0 bridgehead atoms. The van der Waals surface area contributed by atoms with Crippen LogP contribution in [0.4, 0.5) is 0 Å². The maximum absolute atomic E-state index is 12.1. The first-order valence-corrected chi connectivity index (χ1v) is 8.28. The summed E-state index contributed by atoms with van der Waals surface area (Å²) in [5.41, 5.74) is 0.877. The smallest absolute Gasteiger partial charge is 0.227 e. The highest BCUT2D eigenvalue weighted by molar-refractivity contribution is 7.91. The Hall–Kier alpha value is -1.07. The van der Waals surface area contributed by atoms with Gasteiger partial charge in [-0.05, 0) is 24.1 Å². The van der Waals surface area contributed by atoms with Gasteiger partial charge in [0.2, 0.25) is 5.91 Å². The monoisotopic (exact) mass is 301 g/mol. The van der Waals surface area contributed by atoms with Gasteiger partial charge in [-0.2, -0.15) is 0 Å². The number of likely N-dealkylation sites (N-methyl/N-ethyl adjacent to an activating group) is 1. The molecule has 1 atom stereocenters. The Bertz CT molecular complexity index is 568. The second-order valence-corrected chi connectivity index (χ2v) is 7.53. The summed E-state index contributed by atoms with van der Waals surface area (Å²) in [6, 6.07) is 6.90. The van der Waals surface area contributed by atoms with Crippen molar-refractivity contribution in [2.45, 2.75) is 18.9 Å². The molecule has 1 unspecified atom stereocenters. The number of carbonyl (C=O) groups is 1. The van der Waals surface area contributed by atoms with Crippen molar-refractivity contribution in [3.05, 3.63) is 34.9 Å². The van der Waals surface area contributed by atoms with E-state index in [2.05, 4.69) is 0 Å². The molecule has 4 nitrogen and oxygen atoms in total. The molecule has 1 aromatic rings. The Balaban J connectivity index is 1.98. The minimum atomic E-state index is -2.96. The van der Waals surface area contributed by atoms with Gasteiger partial charge in [0.1, 0.15) is 0 Å². The first-order valence-electron chi connectivity index (χ1n) is 6.08. The number of amides is 1. The van der Waals surface area contributed by atoms with Crippen LogP contribution in [-0.4, -0.2) is 43.8 Å². The lowest BCUT2D eigenvalue weighted by Gasteiger charge is -2.23. The SMILES string of the molecule is CN(C(=O)Cc1ccc(Cl)cc1)C1CCS(=O)(=O)C1. The average molecular weight is 302 g/mol. The Labute approximate surface area is 118 Å². The Kier molecular flexibility index (Phi) is 4.16. The molecule has 0 radical (unpaired) electrons. The van der Waals surface area contributed by atoms with E-state index in [0.29, 0.717) is 11.4 Å². The third kappa shape index (κ3) is 3.70. The molecular formula is C13H16ClNO3S. The van der Waals surface area contributed by atoms with E-state index in [0.717, 1.165) is 5.56 Å². The maximum atomic E-state index is 12.1. The quantitative estimate of drug-likeness (QED) is 0.851. The standard InChI is InChI=1S/C13H16ClNO3S/c1-15(12-6-7-19(17,18)9-12)13(16)8-10-2-4-11(14)5-3-10/h2-5,12H,6-9H2,1H3. The highest BCUT2D eigenvalue weighted by Crippen LogP contribution is 2.18. The fraction of sp³-hybridized carbons (Fsp3) is 0.462. The number of hydrogen-bond acceptors (Lipinski definition) is 3. The molecule has 1 aliphatic rings. The van der Waals surface area contributed by atoms with Crippen LogP contribution in [0, 0.1) is 0 Å². The molecule has 0 N–H and O–H groups in total. The number of nitrogens with zero attached hydrogens (tertiary/aromatic N) is 1. The molecule has 1 aromatic carbocycles. The second kappa shape index (κ2) is 5.51. The van der Waals surface area contributed by atoms with Crippen LogP contribution in [-0.2, 0) is 21.1 Å². The Morgan fingerprint density at radius 1 is 1.37 bits per heavy atom. The van der Waals surface area contributed by atoms with Crippen molar-refractivity contribution >= 4 is 27.3 Å². The summed E-state index contributed by atoms with van der Waals surface area (Å²) in [4.78, 5) is 13.6. The van der Waals surface area contributed by atoms with Gasteiger partial charge >= 0.3 is 0 Å². The average Bonchev–Trinajstić information content (AvgIpc) is 2.71. The van der Waals surface area contributed by atoms with Gasteiger partial charge in [-0.15, -0.1) is 0 Å². The highest BCUT2D eigenvalue weighted by atomic mass is 35.5. The number of benzene rings is 1. The van der Waals surface area contributed by atoms with E-state index in [4.69, 9.17) is 11.6 Å². The van der Waals surface area contributed by atoms with E-state index in [1.54, 1.807) is 36.2 Å². The maximum Gasteiger partial charge on any atom is 0.227 e. The molecule has 0 aliphatic carbocycles. The summed E-state index contributed by atoms with van der Waals surface area (Å²) in [6.45, 7) is 0.